The molecule has 17 heavy (non-hydrogen) atoms. The zero-order valence-corrected chi connectivity index (χ0v) is 10.3. The first kappa shape index (κ1) is 13.0. The summed E-state index contributed by atoms with van der Waals surface area (Å²) in [6.45, 7) is 1.87. The van der Waals surface area contributed by atoms with E-state index < -0.39 is 0 Å². The molecule has 0 atom stereocenters. The molecule has 3 nitrogen and oxygen atoms in total. The maximum atomic E-state index is 10.3. The van der Waals surface area contributed by atoms with E-state index in [1.165, 1.54) is 6.08 Å². The molecule has 0 fully saturated rings. The lowest BCUT2D eigenvalue weighted by molar-refractivity contribution is -0.104. The smallest absolute Gasteiger partial charge is 0.161 e. The number of benzene rings is 1. The molecule has 0 saturated carbocycles. The Kier molecular flexibility index (Phi) is 5.01. The molecule has 0 radical (unpaired) electrons. The Hall–Kier alpha value is -2.03. The van der Waals surface area contributed by atoms with Crippen LogP contribution in [0.5, 0.6) is 11.5 Å². The highest BCUT2D eigenvalue weighted by atomic mass is 16.5. The average molecular weight is 232 g/mol. The number of carbonyl (C=O) groups is 1. The van der Waals surface area contributed by atoms with Crippen molar-refractivity contribution >= 4 is 12.4 Å². The van der Waals surface area contributed by atoms with Crippen molar-refractivity contribution in [2.45, 2.75) is 6.92 Å². The first-order chi connectivity index (χ1) is 8.21. The van der Waals surface area contributed by atoms with Crippen LogP contribution in [0.3, 0.4) is 0 Å². The lowest BCUT2D eigenvalue weighted by Crippen LogP contribution is -1.90. The van der Waals surface area contributed by atoms with Gasteiger partial charge in [0.25, 0.3) is 0 Å². The van der Waals surface area contributed by atoms with Crippen molar-refractivity contribution in [2.24, 2.45) is 0 Å². The van der Waals surface area contributed by atoms with Crippen LogP contribution >= 0.6 is 0 Å². The topological polar surface area (TPSA) is 35.5 Å². The lowest BCUT2D eigenvalue weighted by Gasteiger charge is -2.07. The third-order valence-electron chi connectivity index (χ3n) is 2.28. The number of methoxy groups -OCH3 is 2. The van der Waals surface area contributed by atoms with Crippen LogP contribution < -0.4 is 9.47 Å². The quantitative estimate of drug-likeness (QED) is 0.445. The van der Waals surface area contributed by atoms with Gasteiger partial charge in [0.05, 0.1) is 14.2 Å². The minimum absolute atomic E-state index is 0.687. The summed E-state index contributed by atoms with van der Waals surface area (Å²) >= 11 is 0. The molecule has 0 aromatic heterocycles. The Bertz CT molecular complexity index is 445. The van der Waals surface area contributed by atoms with E-state index in [9.17, 15) is 4.79 Å². The van der Waals surface area contributed by atoms with Gasteiger partial charge >= 0.3 is 0 Å². The summed E-state index contributed by atoms with van der Waals surface area (Å²) in [4.78, 5) is 10.3. The molecule has 0 unspecified atom stereocenters. The molecule has 90 valence electrons. The number of rotatable bonds is 5. The monoisotopic (exact) mass is 232 g/mol. The summed E-state index contributed by atoms with van der Waals surface area (Å²) in [6.07, 6.45) is 6.07. The van der Waals surface area contributed by atoms with E-state index >= 15 is 0 Å². The summed E-state index contributed by atoms with van der Waals surface area (Å²) in [5, 5.41) is 0. The van der Waals surface area contributed by atoms with Gasteiger partial charge in [0, 0.05) is 0 Å². The van der Waals surface area contributed by atoms with Crippen LogP contribution in [0.25, 0.3) is 6.08 Å². The molecule has 0 aliphatic carbocycles. The molecule has 0 amide bonds. The van der Waals surface area contributed by atoms with E-state index in [1.807, 2.05) is 37.3 Å². The molecule has 3 heteroatoms. The minimum atomic E-state index is 0.687. The Morgan fingerprint density at radius 3 is 2.47 bits per heavy atom. The van der Waals surface area contributed by atoms with Crippen LogP contribution in [0.4, 0.5) is 0 Å². The highest BCUT2D eigenvalue weighted by molar-refractivity contribution is 5.68. The van der Waals surface area contributed by atoms with Crippen molar-refractivity contribution in [3.05, 3.63) is 41.5 Å². The standard InChI is InChI=1S/C14H16O3/c1-11(8-9-15)4-5-12-6-7-13(16-2)14(10-12)17-3/h4-10H,1-3H3. The highest BCUT2D eigenvalue weighted by Crippen LogP contribution is 2.28. The Morgan fingerprint density at radius 2 is 1.88 bits per heavy atom. The Labute approximate surface area is 101 Å². The predicted octanol–water partition coefficient (Wildman–Crippen LogP) is 2.86. The zero-order chi connectivity index (χ0) is 12.7. The van der Waals surface area contributed by atoms with E-state index in [0.29, 0.717) is 11.5 Å². The number of ether oxygens (including phenoxy) is 2. The van der Waals surface area contributed by atoms with Crippen molar-refractivity contribution in [1.82, 2.24) is 0 Å². The van der Waals surface area contributed by atoms with Crippen molar-refractivity contribution in [1.29, 1.82) is 0 Å². The largest absolute Gasteiger partial charge is 0.493 e. The van der Waals surface area contributed by atoms with Crippen LogP contribution in [0.2, 0.25) is 0 Å². The number of carbonyl (C=O) groups excluding carboxylic acids is 1. The van der Waals surface area contributed by atoms with Gasteiger partial charge < -0.3 is 9.47 Å². The minimum Gasteiger partial charge on any atom is -0.493 e. The van der Waals surface area contributed by atoms with Crippen molar-refractivity contribution < 1.29 is 14.3 Å². The number of hydrogen-bond donors (Lipinski definition) is 0. The van der Waals surface area contributed by atoms with E-state index in [1.54, 1.807) is 14.2 Å². The summed E-state index contributed by atoms with van der Waals surface area (Å²) in [5.74, 6) is 1.39. The molecular formula is C14H16O3. The van der Waals surface area contributed by atoms with Gasteiger partial charge in [-0.3, -0.25) is 4.79 Å². The summed E-state index contributed by atoms with van der Waals surface area (Å²) in [6, 6.07) is 5.65. The highest BCUT2D eigenvalue weighted by Gasteiger charge is 2.02. The molecule has 0 aliphatic rings. The fourth-order valence-electron chi connectivity index (χ4n) is 1.35. The first-order valence-electron chi connectivity index (χ1n) is 5.23. The van der Waals surface area contributed by atoms with E-state index in [0.717, 1.165) is 17.4 Å². The van der Waals surface area contributed by atoms with Gasteiger partial charge in [-0.1, -0.05) is 18.2 Å². The van der Waals surface area contributed by atoms with E-state index in [2.05, 4.69) is 0 Å². The maximum Gasteiger partial charge on any atom is 0.161 e. The van der Waals surface area contributed by atoms with Gasteiger partial charge in [0.15, 0.2) is 11.5 Å². The van der Waals surface area contributed by atoms with E-state index in [-0.39, 0.29) is 0 Å². The number of aldehydes is 1. The molecule has 0 bridgehead atoms. The van der Waals surface area contributed by atoms with Gasteiger partial charge in [-0.25, -0.2) is 0 Å². The van der Waals surface area contributed by atoms with Gasteiger partial charge in [0.2, 0.25) is 0 Å². The average Bonchev–Trinajstić information content (AvgIpc) is 2.36. The van der Waals surface area contributed by atoms with Crippen LogP contribution in [0.1, 0.15) is 12.5 Å². The summed E-state index contributed by atoms with van der Waals surface area (Å²) in [5.41, 5.74) is 1.89. The summed E-state index contributed by atoms with van der Waals surface area (Å²) < 4.78 is 10.4. The van der Waals surface area contributed by atoms with Crippen LogP contribution in [-0.4, -0.2) is 20.5 Å². The van der Waals surface area contributed by atoms with Gasteiger partial charge in [0.1, 0.15) is 6.29 Å². The third-order valence-corrected chi connectivity index (χ3v) is 2.28. The first-order valence-corrected chi connectivity index (χ1v) is 5.23. The second-order valence-electron chi connectivity index (χ2n) is 3.49. The molecular weight excluding hydrogens is 216 g/mol. The molecule has 0 aliphatic heterocycles. The molecule has 0 saturated heterocycles. The van der Waals surface area contributed by atoms with Crippen molar-refractivity contribution in [3.63, 3.8) is 0 Å². The van der Waals surface area contributed by atoms with Crippen LogP contribution in [0, 0.1) is 0 Å². The SMILES string of the molecule is COc1ccc(C=CC(C)=CC=O)cc1OC. The zero-order valence-electron chi connectivity index (χ0n) is 10.3. The van der Waals surface area contributed by atoms with Gasteiger partial charge in [-0.2, -0.15) is 0 Å². The fraction of sp³-hybridized carbons (Fsp3) is 0.214. The number of allylic oxidation sites excluding steroid dienone is 3. The van der Waals surface area contributed by atoms with Gasteiger partial charge in [-0.15, -0.1) is 0 Å². The maximum absolute atomic E-state index is 10.3. The molecule has 1 aromatic carbocycles. The molecule has 0 N–H and O–H groups in total. The second-order valence-corrected chi connectivity index (χ2v) is 3.49. The van der Waals surface area contributed by atoms with E-state index in [4.69, 9.17) is 9.47 Å². The fourth-order valence-corrected chi connectivity index (χ4v) is 1.35. The third kappa shape index (κ3) is 3.79. The predicted molar refractivity (Wildman–Crippen MR) is 68.4 cm³/mol. The van der Waals surface area contributed by atoms with Crippen LogP contribution in [0.15, 0.2) is 35.9 Å². The molecule has 0 spiro atoms. The molecule has 0 heterocycles. The van der Waals surface area contributed by atoms with Gasteiger partial charge in [-0.05, 0) is 36.3 Å². The van der Waals surface area contributed by atoms with Crippen molar-refractivity contribution in [2.75, 3.05) is 14.2 Å². The lowest BCUT2D eigenvalue weighted by atomic mass is 10.1. The molecule has 1 rings (SSSR count). The Morgan fingerprint density at radius 1 is 1.18 bits per heavy atom. The Balaban J connectivity index is 2.93. The normalized spacial score (nSPS) is 11.6. The van der Waals surface area contributed by atoms with Crippen molar-refractivity contribution in [3.8, 4) is 11.5 Å². The van der Waals surface area contributed by atoms with Crippen LogP contribution in [-0.2, 0) is 4.79 Å². The number of hydrogen-bond acceptors (Lipinski definition) is 3. The molecule has 1 aromatic rings. The second kappa shape index (κ2) is 6.53. The summed E-state index contributed by atoms with van der Waals surface area (Å²) in [7, 11) is 3.20.